The predicted octanol–water partition coefficient (Wildman–Crippen LogP) is 4.62. The van der Waals surface area contributed by atoms with Gasteiger partial charge in [-0.2, -0.15) is 0 Å². The summed E-state index contributed by atoms with van der Waals surface area (Å²) < 4.78 is 0. The van der Waals surface area contributed by atoms with Crippen LogP contribution in [0.4, 0.5) is 0 Å². The summed E-state index contributed by atoms with van der Waals surface area (Å²) in [4.78, 5) is 0. The van der Waals surface area contributed by atoms with Crippen LogP contribution in [-0.4, -0.2) is 8.24 Å². The summed E-state index contributed by atoms with van der Waals surface area (Å²) in [5.41, 5.74) is 0. The van der Waals surface area contributed by atoms with Crippen LogP contribution in [0.1, 0.15) is 59.3 Å². The van der Waals surface area contributed by atoms with Gasteiger partial charge in [0.25, 0.3) is 0 Å². The third-order valence-electron chi connectivity index (χ3n) is 3.03. The molecule has 1 N–H and O–H groups in total. The summed E-state index contributed by atoms with van der Waals surface area (Å²) in [6, 6.07) is 3.76. The van der Waals surface area contributed by atoms with Crippen molar-refractivity contribution < 1.29 is 0 Å². The van der Waals surface area contributed by atoms with Gasteiger partial charge in [-0.1, -0.05) is 59.3 Å². The van der Waals surface area contributed by atoms with Crippen LogP contribution in [0.25, 0.3) is 0 Å². The van der Waals surface area contributed by atoms with Crippen LogP contribution in [0.5, 0.6) is 0 Å². The van der Waals surface area contributed by atoms with Crippen LogP contribution in [-0.2, 0) is 0 Å². The summed E-state index contributed by atoms with van der Waals surface area (Å²) >= 11 is 0. The second-order valence-corrected chi connectivity index (χ2v) is 8.65. The van der Waals surface area contributed by atoms with Crippen molar-refractivity contribution in [2.45, 2.75) is 77.4 Å². The highest BCUT2D eigenvalue weighted by molar-refractivity contribution is 6.76. The molecule has 0 saturated heterocycles. The van der Waals surface area contributed by atoms with Gasteiger partial charge in [0.1, 0.15) is 8.24 Å². The number of hydrogen-bond acceptors (Lipinski definition) is 0. The van der Waals surface area contributed by atoms with Crippen LogP contribution >= 0.6 is 0 Å². The van der Waals surface area contributed by atoms with Crippen molar-refractivity contribution in [3.8, 4) is 0 Å². The van der Waals surface area contributed by atoms with E-state index in [2.05, 4.69) is 20.8 Å². The first kappa shape index (κ1) is 14.2. The molecule has 0 rings (SSSR count). The molecular formula is C12H28NSi. The average Bonchev–Trinajstić information content (AvgIpc) is 2.21. The fourth-order valence-corrected chi connectivity index (χ4v) is 5.76. The number of unbranched alkanes of at least 4 members (excludes halogenated alkanes) is 3. The van der Waals surface area contributed by atoms with Crippen LogP contribution < -0.4 is 5.40 Å². The van der Waals surface area contributed by atoms with Crippen molar-refractivity contribution >= 4 is 8.24 Å². The Hall–Kier alpha value is 0.177. The second-order valence-electron chi connectivity index (χ2n) is 4.59. The number of nitrogens with one attached hydrogen (secondary N) is 1. The molecule has 0 aliphatic rings. The van der Waals surface area contributed by atoms with Gasteiger partial charge in [0.15, 0.2) is 0 Å². The lowest BCUT2D eigenvalue weighted by molar-refractivity contribution is 0.787. The van der Waals surface area contributed by atoms with Crippen LogP contribution in [0, 0.1) is 0 Å². The van der Waals surface area contributed by atoms with E-state index in [0.717, 1.165) is 0 Å². The van der Waals surface area contributed by atoms with E-state index >= 15 is 0 Å². The van der Waals surface area contributed by atoms with Gasteiger partial charge in [0.05, 0.1) is 0 Å². The van der Waals surface area contributed by atoms with E-state index < -0.39 is 8.24 Å². The first-order valence-corrected chi connectivity index (χ1v) is 9.05. The summed E-state index contributed by atoms with van der Waals surface area (Å²) in [6.07, 6.45) is 7.69. The summed E-state index contributed by atoms with van der Waals surface area (Å²) in [7, 11) is -1.56. The van der Waals surface area contributed by atoms with Crippen molar-refractivity contribution in [3.05, 3.63) is 0 Å². The minimum atomic E-state index is -1.56. The Morgan fingerprint density at radius 3 is 1.21 bits per heavy atom. The molecule has 0 aromatic rings. The van der Waals surface area contributed by atoms with Crippen molar-refractivity contribution in [2.75, 3.05) is 0 Å². The van der Waals surface area contributed by atoms with Gasteiger partial charge in [-0.05, 0) is 18.1 Å². The SMILES string of the molecule is CCCC[Si]([NH])(CCCC)CCCC. The lowest BCUT2D eigenvalue weighted by atomic mass is 10.4. The molecule has 14 heavy (non-hydrogen) atoms. The smallest absolute Gasteiger partial charge is 0.140 e. The number of hydrogen-bond donors (Lipinski definition) is 0. The summed E-state index contributed by atoms with van der Waals surface area (Å²) in [5, 5.41) is 8.57. The van der Waals surface area contributed by atoms with Gasteiger partial charge in [-0.15, -0.1) is 0 Å². The maximum absolute atomic E-state index is 8.57. The molecule has 2 heteroatoms. The molecule has 0 saturated carbocycles. The van der Waals surface area contributed by atoms with E-state index in [4.69, 9.17) is 5.40 Å². The molecule has 0 fully saturated rings. The molecule has 0 aliphatic carbocycles. The molecule has 0 amide bonds. The Labute approximate surface area is 91.6 Å². The first-order valence-electron chi connectivity index (χ1n) is 6.43. The molecule has 0 aromatic heterocycles. The quantitative estimate of drug-likeness (QED) is 0.500. The number of rotatable bonds is 9. The van der Waals surface area contributed by atoms with E-state index in [9.17, 15) is 0 Å². The fourth-order valence-electron chi connectivity index (χ4n) is 1.92. The monoisotopic (exact) mass is 214 g/mol. The van der Waals surface area contributed by atoms with Gasteiger partial charge in [0, 0.05) is 0 Å². The zero-order valence-corrected chi connectivity index (χ0v) is 11.4. The zero-order chi connectivity index (χ0) is 10.9. The Kier molecular flexibility index (Phi) is 8.59. The largest absolute Gasteiger partial charge is 0.285 e. The molecule has 0 bridgehead atoms. The topological polar surface area (TPSA) is 23.8 Å². The second kappa shape index (κ2) is 8.48. The van der Waals surface area contributed by atoms with E-state index in [1.54, 1.807) is 0 Å². The highest BCUT2D eigenvalue weighted by Gasteiger charge is 2.26. The zero-order valence-electron chi connectivity index (χ0n) is 10.4. The van der Waals surface area contributed by atoms with E-state index in [-0.39, 0.29) is 0 Å². The van der Waals surface area contributed by atoms with Crippen molar-refractivity contribution in [2.24, 2.45) is 0 Å². The summed E-state index contributed by atoms with van der Waals surface area (Å²) in [5.74, 6) is 0. The predicted molar refractivity (Wildman–Crippen MR) is 68.0 cm³/mol. The molecule has 0 atom stereocenters. The maximum Gasteiger partial charge on any atom is 0.140 e. The van der Waals surface area contributed by atoms with Gasteiger partial charge < -0.3 is 0 Å². The van der Waals surface area contributed by atoms with E-state index in [0.29, 0.717) is 0 Å². The molecule has 0 aliphatic heterocycles. The maximum atomic E-state index is 8.57. The highest BCUT2D eigenvalue weighted by atomic mass is 28.3. The lowest BCUT2D eigenvalue weighted by Crippen LogP contribution is -2.36. The van der Waals surface area contributed by atoms with Crippen LogP contribution in [0.3, 0.4) is 0 Å². The minimum Gasteiger partial charge on any atom is -0.285 e. The molecular weight excluding hydrogens is 186 g/mol. The Balaban J connectivity index is 3.89. The van der Waals surface area contributed by atoms with Gasteiger partial charge in [-0.25, -0.2) is 0 Å². The van der Waals surface area contributed by atoms with Crippen molar-refractivity contribution in [1.29, 1.82) is 0 Å². The van der Waals surface area contributed by atoms with Gasteiger partial charge >= 0.3 is 0 Å². The Bertz CT molecular complexity index is 104. The van der Waals surface area contributed by atoms with Crippen molar-refractivity contribution in [1.82, 2.24) is 5.40 Å². The molecule has 0 spiro atoms. The average molecular weight is 214 g/mol. The van der Waals surface area contributed by atoms with Gasteiger partial charge in [0.2, 0.25) is 0 Å². The molecule has 85 valence electrons. The molecule has 1 radical (unpaired) electrons. The van der Waals surface area contributed by atoms with Crippen LogP contribution in [0.2, 0.25) is 18.1 Å². The third-order valence-corrected chi connectivity index (χ3v) is 6.96. The normalized spacial score (nSPS) is 12.0. The Morgan fingerprint density at radius 2 is 1.00 bits per heavy atom. The molecule has 0 unspecified atom stereocenters. The Morgan fingerprint density at radius 1 is 0.714 bits per heavy atom. The highest BCUT2D eigenvalue weighted by Crippen LogP contribution is 2.24. The molecule has 0 heterocycles. The van der Waals surface area contributed by atoms with Crippen molar-refractivity contribution in [3.63, 3.8) is 0 Å². The lowest BCUT2D eigenvalue weighted by Gasteiger charge is -2.25. The minimum absolute atomic E-state index is 1.25. The first-order chi connectivity index (χ1) is 6.68. The standard InChI is InChI=1S/C12H28NSi/c1-4-7-10-14(13,11-8-5-2)12-9-6-3/h13H,4-12H2,1-3H3. The summed E-state index contributed by atoms with van der Waals surface area (Å²) in [6.45, 7) is 6.73. The molecule has 0 aromatic carbocycles. The fraction of sp³-hybridized carbons (Fsp3) is 1.00. The van der Waals surface area contributed by atoms with E-state index in [1.807, 2.05) is 0 Å². The molecule has 1 nitrogen and oxygen atoms in total. The third kappa shape index (κ3) is 6.60. The van der Waals surface area contributed by atoms with Crippen LogP contribution in [0.15, 0.2) is 0 Å². The van der Waals surface area contributed by atoms with E-state index in [1.165, 1.54) is 56.7 Å². The van der Waals surface area contributed by atoms with Gasteiger partial charge in [-0.3, -0.25) is 5.40 Å².